The third-order valence-corrected chi connectivity index (χ3v) is 3.73. The molecule has 0 heterocycles. The fraction of sp³-hybridized carbons (Fsp3) is 0.500. The first kappa shape index (κ1) is 19.9. The summed E-state index contributed by atoms with van der Waals surface area (Å²) in [5.74, 6) is -0.788. The van der Waals surface area contributed by atoms with Crippen LogP contribution in [0, 0.1) is 0 Å². The van der Waals surface area contributed by atoms with Crippen LogP contribution in [0.5, 0.6) is 0 Å². The number of benzene rings is 1. The monoisotopic (exact) mass is 332 g/mol. The van der Waals surface area contributed by atoms with Gasteiger partial charge < -0.3 is 9.47 Å². The third-order valence-electron chi connectivity index (χ3n) is 3.73. The van der Waals surface area contributed by atoms with Gasteiger partial charge in [-0.1, -0.05) is 39.3 Å². The van der Waals surface area contributed by atoms with Crippen LogP contribution in [0.25, 0.3) is 6.08 Å². The Morgan fingerprint density at radius 1 is 1.04 bits per heavy atom. The summed E-state index contributed by atoms with van der Waals surface area (Å²) in [6, 6.07) is 4.81. The molecule has 0 spiro atoms. The maximum Gasteiger partial charge on any atom is 0.338 e. The maximum atomic E-state index is 12.3. The Morgan fingerprint density at radius 3 is 2.08 bits per heavy atom. The molecule has 0 bridgehead atoms. The van der Waals surface area contributed by atoms with Crippen molar-refractivity contribution in [3.8, 4) is 0 Å². The van der Waals surface area contributed by atoms with Crippen molar-refractivity contribution in [1.29, 1.82) is 0 Å². The Morgan fingerprint density at radius 2 is 1.58 bits per heavy atom. The molecule has 0 aliphatic rings. The molecule has 0 aliphatic carbocycles. The second kappa shape index (κ2) is 9.91. The number of rotatable bonds is 9. The van der Waals surface area contributed by atoms with Crippen molar-refractivity contribution in [3.63, 3.8) is 0 Å². The van der Waals surface area contributed by atoms with Crippen molar-refractivity contribution in [2.45, 2.75) is 65.6 Å². The first-order valence-electron chi connectivity index (χ1n) is 8.61. The number of carbonyl (C=O) groups is 2. The zero-order valence-corrected chi connectivity index (χ0v) is 15.1. The molecule has 1 aromatic rings. The summed E-state index contributed by atoms with van der Waals surface area (Å²) in [6.07, 6.45) is 4.81. The lowest BCUT2D eigenvalue weighted by Crippen LogP contribution is -2.17. The van der Waals surface area contributed by atoms with Crippen molar-refractivity contribution >= 4 is 18.0 Å². The molecule has 132 valence electrons. The Bertz CT molecular complexity index is 577. The number of esters is 2. The number of carbonyl (C=O) groups excluding carboxylic acids is 2. The van der Waals surface area contributed by atoms with E-state index in [-0.39, 0.29) is 12.2 Å². The van der Waals surface area contributed by atoms with Gasteiger partial charge in [0, 0.05) is 0 Å². The highest BCUT2D eigenvalue weighted by molar-refractivity contribution is 5.97. The predicted molar refractivity (Wildman–Crippen MR) is 96.1 cm³/mol. The highest BCUT2D eigenvalue weighted by Gasteiger charge is 2.18. The van der Waals surface area contributed by atoms with E-state index in [9.17, 15) is 9.59 Å². The van der Waals surface area contributed by atoms with Crippen molar-refractivity contribution in [3.05, 3.63) is 41.5 Å². The summed E-state index contributed by atoms with van der Waals surface area (Å²) in [4.78, 5) is 24.4. The lowest BCUT2D eigenvalue weighted by molar-refractivity contribution is 0.0307. The fourth-order valence-electron chi connectivity index (χ4n) is 2.47. The molecule has 0 amide bonds. The summed E-state index contributed by atoms with van der Waals surface area (Å²) < 4.78 is 10.8. The molecule has 0 N–H and O–H groups in total. The van der Waals surface area contributed by atoms with E-state index >= 15 is 0 Å². The lowest BCUT2D eigenvalue weighted by atomic mass is 10.0. The van der Waals surface area contributed by atoms with Crippen molar-refractivity contribution in [2.24, 2.45) is 0 Å². The van der Waals surface area contributed by atoms with Crippen molar-refractivity contribution in [1.82, 2.24) is 0 Å². The normalized spacial score (nSPS) is 13.0. The second-order valence-corrected chi connectivity index (χ2v) is 6.02. The van der Waals surface area contributed by atoms with E-state index in [1.54, 1.807) is 24.3 Å². The average Bonchev–Trinajstić information content (AvgIpc) is 2.54. The Labute approximate surface area is 144 Å². The van der Waals surface area contributed by atoms with Gasteiger partial charge >= 0.3 is 11.9 Å². The van der Waals surface area contributed by atoms with Crippen LogP contribution in [-0.4, -0.2) is 24.1 Å². The van der Waals surface area contributed by atoms with E-state index in [2.05, 4.69) is 6.58 Å². The van der Waals surface area contributed by atoms with Gasteiger partial charge in [-0.15, -0.1) is 0 Å². The van der Waals surface area contributed by atoms with E-state index in [1.165, 1.54) is 0 Å². The molecular formula is C20H28O4. The third kappa shape index (κ3) is 5.84. The Balaban J connectivity index is 2.90. The molecule has 0 aromatic heterocycles. The second-order valence-electron chi connectivity index (χ2n) is 6.02. The molecule has 1 aromatic carbocycles. The highest BCUT2D eigenvalue weighted by Crippen LogP contribution is 2.18. The van der Waals surface area contributed by atoms with Gasteiger partial charge in [-0.3, -0.25) is 0 Å². The molecule has 0 aliphatic heterocycles. The number of ether oxygens (including phenoxy) is 2. The van der Waals surface area contributed by atoms with Crippen molar-refractivity contribution in [2.75, 3.05) is 0 Å². The summed E-state index contributed by atoms with van der Waals surface area (Å²) in [6.45, 7) is 11.5. The van der Waals surface area contributed by atoms with Gasteiger partial charge in [0.2, 0.25) is 0 Å². The van der Waals surface area contributed by atoms with Gasteiger partial charge in [0.1, 0.15) is 0 Å². The lowest BCUT2D eigenvalue weighted by Gasteiger charge is -2.15. The molecule has 0 saturated carbocycles. The van der Waals surface area contributed by atoms with E-state index < -0.39 is 11.9 Å². The molecule has 1 rings (SSSR count). The molecular weight excluding hydrogens is 304 g/mol. The van der Waals surface area contributed by atoms with Gasteiger partial charge in [-0.05, 0) is 50.5 Å². The zero-order chi connectivity index (χ0) is 18.1. The van der Waals surface area contributed by atoms with Gasteiger partial charge in [-0.25, -0.2) is 9.59 Å². The Kier molecular flexibility index (Phi) is 8.24. The number of hydrogen-bond acceptors (Lipinski definition) is 4. The van der Waals surface area contributed by atoms with Crippen LogP contribution in [0.3, 0.4) is 0 Å². The zero-order valence-electron chi connectivity index (χ0n) is 15.1. The molecule has 4 heteroatoms. The van der Waals surface area contributed by atoms with E-state index in [4.69, 9.17) is 9.47 Å². The number of hydrogen-bond donors (Lipinski definition) is 0. The molecule has 4 nitrogen and oxygen atoms in total. The fourth-order valence-corrected chi connectivity index (χ4v) is 2.47. The van der Waals surface area contributed by atoms with Gasteiger partial charge in [0.05, 0.1) is 23.3 Å². The van der Waals surface area contributed by atoms with Crippen LogP contribution in [-0.2, 0) is 9.47 Å². The van der Waals surface area contributed by atoms with Crippen LogP contribution in [0.2, 0.25) is 0 Å². The van der Waals surface area contributed by atoms with Crippen LogP contribution in [0.4, 0.5) is 0 Å². The predicted octanol–water partition coefficient (Wildman–Crippen LogP) is 5.02. The summed E-state index contributed by atoms with van der Waals surface area (Å²) in [7, 11) is 0. The van der Waals surface area contributed by atoms with Crippen LogP contribution >= 0.6 is 0 Å². The van der Waals surface area contributed by atoms with Crippen LogP contribution < -0.4 is 0 Å². The molecule has 0 fully saturated rings. The minimum absolute atomic E-state index is 0.130. The SMILES string of the molecule is C=Cc1cc(C(=O)OC(C)CCC)ccc1C(=O)OC(C)CCC. The van der Waals surface area contributed by atoms with E-state index in [0.717, 1.165) is 25.7 Å². The summed E-state index contributed by atoms with van der Waals surface area (Å²) >= 11 is 0. The minimum atomic E-state index is -0.398. The molecule has 2 atom stereocenters. The molecule has 0 saturated heterocycles. The molecule has 24 heavy (non-hydrogen) atoms. The summed E-state index contributed by atoms with van der Waals surface area (Å²) in [5, 5.41) is 0. The maximum absolute atomic E-state index is 12.3. The Hall–Kier alpha value is -2.10. The van der Waals surface area contributed by atoms with Gasteiger partial charge in [-0.2, -0.15) is 0 Å². The van der Waals surface area contributed by atoms with Gasteiger partial charge in [0.15, 0.2) is 0 Å². The largest absolute Gasteiger partial charge is 0.459 e. The minimum Gasteiger partial charge on any atom is -0.459 e. The van der Waals surface area contributed by atoms with Crippen LogP contribution in [0.1, 0.15) is 79.7 Å². The first-order valence-corrected chi connectivity index (χ1v) is 8.61. The van der Waals surface area contributed by atoms with E-state index in [0.29, 0.717) is 16.7 Å². The summed E-state index contributed by atoms with van der Waals surface area (Å²) in [5.41, 5.74) is 1.39. The molecule has 2 unspecified atom stereocenters. The van der Waals surface area contributed by atoms with E-state index in [1.807, 2.05) is 27.7 Å². The first-order chi connectivity index (χ1) is 11.4. The quantitative estimate of drug-likeness (QED) is 0.596. The highest BCUT2D eigenvalue weighted by atomic mass is 16.5. The van der Waals surface area contributed by atoms with Crippen molar-refractivity contribution < 1.29 is 19.1 Å². The molecule has 0 radical (unpaired) electrons. The van der Waals surface area contributed by atoms with Gasteiger partial charge in [0.25, 0.3) is 0 Å². The average molecular weight is 332 g/mol. The smallest absolute Gasteiger partial charge is 0.338 e. The topological polar surface area (TPSA) is 52.6 Å². The van der Waals surface area contributed by atoms with Crippen LogP contribution in [0.15, 0.2) is 24.8 Å². The standard InChI is InChI=1S/C20H28O4/c1-6-9-14(4)23-19(21)17-11-12-18(16(8-3)13-17)20(22)24-15(5)10-7-2/h8,11-15H,3,6-7,9-10H2,1-2,4-5H3.